The molecule has 0 saturated carbocycles. The van der Waals surface area contributed by atoms with Gasteiger partial charge in [-0.25, -0.2) is 4.58 Å². The number of hydrogen-bond donors (Lipinski definition) is 2. The van der Waals surface area contributed by atoms with Crippen LogP contribution in [0.4, 0.5) is 5.69 Å². The summed E-state index contributed by atoms with van der Waals surface area (Å²) >= 11 is 0. The van der Waals surface area contributed by atoms with Gasteiger partial charge in [-0.15, -0.1) is 0 Å². The third-order valence-corrected chi connectivity index (χ3v) is 4.84. The maximum atomic E-state index is 9.39. The van der Waals surface area contributed by atoms with Crippen LogP contribution in [0.5, 0.6) is 0 Å². The zero-order valence-electron chi connectivity index (χ0n) is 16.8. The van der Waals surface area contributed by atoms with Gasteiger partial charge in [0.15, 0.2) is 12.0 Å². The molecule has 4 heteroatoms. The molecule has 3 rings (SSSR count). The predicted molar refractivity (Wildman–Crippen MR) is 116 cm³/mol. The molecule has 0 amide bonds. The lowest BCUT2D eigenvalue weighted by Gasteiger charge is -2.17. The quantitative estimate of drug-likeness (QED) is 0.636. The molecule has 1 aliphatic rings. The summed E-state index contributed by atoms with van der Waals surface area (Å²) in [7, 11) is 8.11. The van der Waals surface area contributed by atoms with Crippen LogP contribution in [0, 0.1) is 0 Å². The number of allylic oxidation sites excluding steroid dienone is 5. The van der Waals surface area contributed by atoms with E-state index in [1.807, 2.05) is 40.3 Å². The van der Waals surface area contributed by atoms with E-state index in [1.165, 1.54) is 0 Å². The summed E-state index contributed by atoms with van der Waals surface area (Å²) in [6.45, 7) is 0. The fourth-order valence-corrected chi connectivity index (χ4v) is 3.17. The minimum Gasteiger partial charge on any atom is -0.378 e. The van der Waals surface area contributed by atoms with Crippen molar-refractivity contribution >= 4 is 17.0 Å². The summed E-state index contributed by atoms with van der Waals surface area (Å²) in [6.07, 6.45) is 7.00. The second-order valence-corrected chi connectivity index (χ2v) is 7.25. The van der Waals surface area contributed by atoms with Crippen molar-refractivity contribution in [3.63, 3.8) is 0 Å². The Bertz CT molecular complexity index is 885. The van der Waals surface area contributed by atoms with Crippen molar-refractivity contribution in [2.45, 2.75) is 6.29 Å². The number of aliphatic hydroxyl groups is 2. The molecule has 0 saturated heterocycles. The minimum atomic E-state index is -1.46. The van der Waals surface area contributed by atoms with Gasteiger partial charge in [0.25, 0.3) is 0 Å². The molecule has 0 heterocycles. The molecule has 1 aliphatic carbocycles. The highest BCUT2D eigenvalue weighted by molar-refractivity contribution is 6.03. The van der Waals surface area contributed by atoms with Gasteiger partial charge in [0.1, 0.15) is 14.1 Å². The topological polar surface area (TPSA) is 46.7 Å². The van der Waals surface area contributed by atoms with Crippen LogP contribution in [0.2, 0.25) is 0 Å². The number of aliphatic hydroxyl groups excluding tert-OH is 1. The highest BCUT2D eigenvalue weighted by Crippen LogP contribution is 2.31. The summed E-state index contributed by atoms with van der Waals surface area (Å²) in [5.74, 6) is 0. The lowest BCUT2D eigenvalue weighted by Crippen LogP contribution is -2.10. The first kappa shape index (κ1) is 19.8. The van der Waals surface area contributed by atoms with Crippen molar-refractivity contribution in [1.29, 1.82) is 0 Å². The molecule has 0 aliphatic heterocycles. The zero-order chi connectivity index (χ0) is 20.3. The van der Waals surface area contributed by atoms with Crippen molar-refractivity contribution in [2.24, 2.45) is 0 Å². The van der Waals surface area contributed by atoms with E-state index < -0.39 is 6.29 Å². The van der Waals surface area contributed by atoms with E-state index in [4.69, 9.17) is 0 Å². The van der Waals surface area contributed by atoms with Gasteiger partial charge in [-0.3, -0.25) is 0 Å². The molecule has 0 aromatic heterocycles. The molecule has 0 atom stereocenters. The van der Waals surface area contributed by atoms with Gasteiger partial charge in [-0.1, -0.05) is 36.4 Å². The van der Waals surface area contributed by atoms with Crippen LogP contribution < -0.4 is 4.90 Å². The van der Waals surface area contributed by atoms with Crippen molar-refractivity contribution in [1.82, 2.24) is 0 Å². The Morgan fingerprint density at radius 2 is 1.29 bits per heavy atom. The van der Waals surface area contributed by atoms with Gasteiger partial charge >= 0.3 is 0 Å². The average molecular weight is 375 g/mol. The molecular weight excluding hydrogens is 348 g/mol. The van der Waals surface area contributed by atoms with E-state index in [-0.39, 0.29) is 0 Å². The molecule has 4 nitrogen and oxygen atoms in total. The van der Waals surface area contributed by atoms with Crippen LogP contribution in [-0.2, 0) is 0 Å². The maximum Gasteiger partial charge on any atom is 0.199 e. The van der Waals surface area contributed by atoms with Gasteiger partial charge in [-0.05, 0) is 46.6 Å². The molecule has 2 aromatic carbocycles. The fraction of sp³-hybridized carbons (Fsp3) is 0.208. The first-order valence-corrected chi connectivity index (χ1v) is 9.26. The minimum absolute atomic E-state index is 0.481. The fourth-order valence-electron chi connectivity index (χ4n) is 3.17. The number of nitrogens with zero attached hydrogens (tertiary/aromatic N) is 2. The van der Waals surface area contributed by atoms with Crippen molar-refractivity contribution in [2.75, 3.05) is 33.1 Å². The Balaban J connectivity index is 2.12. The lowest BCUT2D eigenvalue weighted by atomic mass is 9.90. The summed E-state index contributed by atoms with van der Waals surface area (Å²) < 4.78 is 2.08. The first-order valence-electron chi connectivity index (χ1n) is 9.26. The first-order chi connectivity index (χ1) is 13.4. The van der Waals surface area contributed by atoms with E-state index in [0.29, 0.717) is 5.56 Å². The SMILES string of the molecule is CN(C)c1ccc(C(=C2C=CC(=[N+](C)C)C=C2)c2ccc(C(O)O)cc2)cc1. The Kier molecular flexibility index (Phi) is 5.93. The Labute approximate surface area is 166 Å². The van der Waals surface area contributed by atoms with Gasteiger partial charge in [0.2, 0.25) is 0 Å². The summed E-state index contributed by atoms with van der Waals surface area (Å²) in [5, 5.41) is 18.8. The molecule has 0 unspecified atom stereocenters. The predicted octanol–water partition coefficient (Wildman–Crippen LogP) is 3.38. The third kappa shape index (κ3) is 4.30. The van der Waals surface area contributed by atoms with Gasteiger partial charge in [-0.2, -0.15) is 0 Å². The standard InChI is InChI=1S/C24H27N2O2/c1-25(2)21-13-9-18(10-14-21)23(17-5-7-20(8-6-17)24(27)28)19-11-15-22(16-12-19)26(3)4/h5-16,24,27-28H,1-4H3/q+1. The lowest BCUT2D eigenvalue weighted by molar-refractivity contribution is -0.462. The van der Waals surface area contributed by atoms with E-state index in [1.54, 1.807) is 12.1 Å². The molecule has 2 N–H and O–H groups in total. The van der Waals surface area contributed by atoms with Crippen LogP contribution in [0.25, 0.3) is 5.57 Å². The molecule has 2 aromatic rings. The van der Waals surface area contributed by atoms with Crippen LogP contribution in [0.15, 0.2) is 78.4 Å². The van der Waals surface area contributed by atoms with Gasteiger partial charge in [0, 0.05) is 37.5 Å². The molecule has 144 valence electrons. The molecule has 0 fully saturated rings. The van der Waals surface area contributed by atoms with Crippen LogP contribution in [-0.4, -0.2) is 48.7 Å². The molecule has 28 heavy (non-hydrogen) atoms. The summed E-state index contributed by atoms with van der Waals surface area (Å²) in [6, 6.07) is 15.8. The number of hydrogen-bond acceptors (Lipinski definition) is 3. The number of anilines is 1. The number of benzene rings is 2. The highest BCUT2D eigenvalue weighted by atomic mass is 16.5. The second kappa shape index (κ2) is 8.38. The normalized spacial score (nSPS) is 13.2. The van der Waals surface area contributed by atoms with Gasteiger partial charge < -0.3 is 15.1 Å². The van der Waals surface area contributed by atoms with E-state index in [2.05, 4.69) is 58.0 Å². The van der Waals surface area contributed by atoms with E-state index in [9.17, 15) is 10.2 Å². The largest absolute Gasteiger partial charge is 0.378 e. The third-order valence-electron chi connectivity index (χ3n) is 4.84. The Morgan fingerprint density at radius 3 is 1.71 bits per heavy atom. The Hall–Kier alpha value is -2.95. The molecule has 0 radical (unpaired) electrons. The van der Waals surface area contributed by atoms with Crippen LogP contribution in [0.3, 0.4) is 0 Å². The van der Waals surface area contributed by atoms with Crippen molar-refractivity contribution < 1.29 is 14.8 Å². The zero-order valence-corrected chi connectivity index (χ0v) is 16.8. The summed E-state index contributed by atoms with van der Waals surface area (Å²) in [4.78, 5) is 2.08. The highest BCUT2D eigenvalue weighted by Gasteiger charge is 2.14. The van der Waals surface area contributed by atoms with Crippen molar-refractivity contribution in [3.05, 3.63) is 95.1 Å². The average Bonchev–Trinajstić information content (AvgIpc) is 2.69. The monoisotopic (exact) mass is 375 g/mol. The maximum absolute atomic E-state index is 9.39. The van der Waals surface area contributed by atoms with E-state index >= 15 is 0 Å². The molecular formula is C24H27N2O2+. The molecule has 0 spiro atoms. The Morgan fingerprint density at radius 1 is 0.786 bits per heavy atom. The van der Waals surface area contributed by atoms with Crippen LogP contribution >= 0.6 is 0 Å². The smallest absolute Gasteiger partial charge is 0.199 e. The van der Waals surface area contributed by atoms with Crippen LogP contribution in [0.1, 0.15) is 23.0 Å². The van der Waals surface area contributed by atoms with Crippen molar-refractivity contribution in [3.8, 4) is 0 Å². The number of rotatable bonds is 4. The summed E-state index contributed by atoms with van der Waals surface area (Å²) in [5.41, 5.74) is 7.12. The van der Waals surface area contributed by atoms with E-state index in [0.717, 1.165) is 33.7 Å². The molecule has 0 bridgehead atoms. The van der Waals surface area contributed by atoms with Gasteiger partial charge in [0.05, 0.1) is 0 Å². The second-order valence-electron chi connectivity index (χ2n) is 7.25.